The van der Waals surface area contributed by atoms with E-state index in [0.29, 0.717) is 6.61 Å². The van der Waals surface area contributed by atoms with Gasteiger partial charge >= 0.3 is 13.8 Å². The molecule has 0 aliphatic rings. The molecule has 0 fully saturated rings. The van der Waals surface area contributed by atoms with Gasteiger partial charge < -0.3 is 24.6 Å². The Balaban J connectivity index is 4.00. The molecular formula is C53H105O9P. The predicted molar refractivity (Wildman–Crippen MR) is 265 cm³/mol. The maximum atomic E-state index is 12.7. The van der Waals surface area contributed by atoms with Gasteiger partial charge in [0.15, 0.2) is 0 Å². The molecule has 0 aromatic heterocycles. The SMILES string of the molecule is CCCCCCCC/C=C\CCCCCCCCCCCCOCC(COP(=O)(O)OCC(O)CO)OC(=O)CCCCCCCCCCCCCCCCCCCCCCCC. The molecule has 0 aliphatic heterocycles. The molecule has 0 spiro atoms. The molecule has 0 aromatic carbocycles. The van der Waals surface area contributed by atoms with E-state index in [4.69, 9.17) is 23.6 Å². The number of esters is 1. The lowest BCUT2D eigenvalue weighted by atomic mass is 10.0. The van der Waals surface area contributed by atoms with Gasteiger partial charge in [-0.2, -0.15) is 0 Å². The van der Waals surface area contributed by atoms with Gasteiger partial charge in [-0.05, 0) is 38.5 Å². The second-order valence-corrected chi connectivity index (χ2v) is 20.1. The number of rotatable bonds is 53. The lowest BCUT2D eigenvalue weighted by Crippen LogP contribution is -2.29. The van der Waals surface area contributed by atoms with Crippen LogP contribution in [0.2, 0.25) is 0 Å². The Kier molecular flexibility index (Phi) is 50.0. The first-order chi connectivity index (χ1) is 30.8. The van der Waals surface area contributed by atoms with Gasteiger partial charge in [-0.1, -0.05) is 244 Å². The number of allylic oxidation sites excluding steroid dienone is 2. The number of unbranched alkanes of at least 4 members (excludes halogenated alkanes) is 37. The zero-order valence-electron chi connectivity index (χ0n) is 41.6. The molecule has 10 heteroatoms. The third kappa shape index (κ3) is 50.5. The second-order valence-electron chi connectivity index (χ2n) is 18.6. The highest BCUT2D eigenvalue weighted by molar-refractivity contribution is 7.47. The van der Waals surface area contributed by atoms with E-state index in [2.05, 4.69) is 26.0 Å². The minimum atomic E-state index is -4.52. The molecule has 0 bridgehead atoms. The molecule has 0 radical (unpaired) electrons. The molecule has 0 aliphatic carbocycles. The van der Waals surface area contributed by atoms with Crippen molar-refractivity contribution in [1.82, 2.24) is 0 Å². The molecule has 0 aromatic rings. The summed E-state index contributed by atoms with van der Waals surface area (Å²) in [6.45, 7) is 3.59. The van der Waals surface area contributed by atoms with E-state index in [-0.39, 0.29) is 25.6 Å². The lowest BCUT2D eigenvalue weighted by Gasteiger charge is -2.20. The number of phosphoric ester groups is 1. The van der Waals surface area contributed by atoms with E-state index in [0.717, 1.165) is 32.1 Å². The van der Waals surface area contributed by atoms with E-state index in [1.807, 2.05) is 0 Å². The Morgan fingerprint density at radius 3 is 1.19 bits per heavy atom. The Morgan fingerprint density at radius 2 is 0.810 bits per heavy atom. The summed E-state index contributed by atoms with van der Waals surface area (Å²) in [6.07, 6.45) is 54.7. The number of carbonyl (C=O) groups excluding carboxylic acids is 1. The van der Waals surface area contributed by atoms with Crippen molar-refractivity contribution in [3.05, 3.63) is 12.2 Å². The number of hydrogen-bond acceptors (Lipinski definition) is 8. The molecule has 376 valence electrons. The Morgan fingerprint density at radius 1 is 0.476 bits per heavy atom. The van der Waals surface area contributed by atoms with Gasteiger partial charge in [0.1, 0.15) is 12.2 Å². The number of ether oxygens (including phenoxy) is 2. The average molecular weight is 917 g/mol. The number of aliphatic hydroxyl groups is 2. The highest BCUT2D eigenvalue weighted by atomic mass is 31.2. The summed E-state index contributed by atoms with van der Waals surface area (Å²) >= 11 is 0. The molecule has 0 amide bonds. The fraction of sp³-hybridized carbons (Fsp3) is 0.943. The molecule has 3 unspecified atom stereocenters. The van der Waals surface area contributed by atoms with Crippen molar-refractivity contribution < 1.29 is 43.0 Å². The quantitative estimate of drug-likeness (QED) is 0.0236. The van der Waals surface area contributed by atoms with E-state index in [1.165, 1.54) is 225 Å². The van der Waals surface area contributed by atoms with Crippen molar-refractivity contribution >= 4 is 13.8 Å². The molecule has 0 saturated carbocycles. The third-order valence-corrected chi connectivity index (χ3v) is 13.2. The van der Waals surface area contributed by atoms with Crippen molar-refractivity contribution in [2.24, 2.45) is 0 Å². The summed E-state index contributed by atoms with van der Waals surface area (Å²) in [5, 5.41) is 18.4. The van der Waals surface area contributed by atoms with Crippen LogP contribution in [-0.4, -0.2) is 66.3 Å². The number of carbonyl (C=O) groups is 1. The van der Waals surface area contributed by atoms with Gasteiger partial charge in [0.2, 0.25) is 0 Å². The smallest absolute Gasteiger partial charge is 0.457 e. The van der Waals surface area contributed by atoms with E-state index < -0.39 is 33.2 Å². The van der Waals surface area contributed by atoms with Crippen molar-refractivity contribution in [2.75, 3.05) is 33.0 Å². The zero-order chi connectivity index (χ0) is 46.0. The van der Waals surface area contributed by atoms with Crippen LogP contribution in [0.5, 0.6) is 0 Å². The van der Waals surface area contributed by atoms with Crippen molar-refractivity contribution in [3.8, 4) is 0 Å². The standard InChI is InChI=1S/C53H105O9P/c1-3-5-7-9-11-13-15-17-19-21-23-25-26-27-29-31-33-35-37-39-41-43-45-53(56)62-52(50-61-63(57,58)60-48-51(55)47-54)49-59-46-44-42-40-38-36-34-32-30-28-24-22-20-18-16-14-12-10-8-6-4-2/h18,20,51-52,54-55H,3-17,19,21-50H2,1-2H3,(H,57,58)/b20-18-. The molecular weight excluding hydrogens is 812 g/mol. The maximum Gasteiger partial charge on any atom is 0.472 e. The van der Waals surface area contributed by atoms with Crippen LogP contribution in [0.1, 0.15) is 277 Å². The molecule has 0 rings (SSSR count). The van der Waals surface area contributed by atoms with Crippen LogP contribution in [0, 0.1) is 0 Å². The van der Waals surface area contributed by atoms with Crippen molar-refractivity contribution in [2.45, 2.75) is 289 Å². The number of aliphatic hydroxyl groups excluding tert-OH is 2. The van der Waals surface area contributed by atoms with Crippen LogP contribution >= 0.6 is 7.82 Å². The Hall–Kier alpha value is -0.800. The third-order valence-electron chi connectivity index (χ3n) is 12.2. The average Bonchev–Trinajstić information content (AvgIpc) is 3.28. The predicted octanol–water partition coefficient (Wildman–Crippen LogP) is 16.0. The summed E-state index contributed by atoms with van der Waals surface area (Å²) in [5.41, 5.74) is 0. The van der Waals surface area contributed by atoms with Gasteiger partial charge in [0.05, 0.1) is 26.4 Å². The summed E-state index contributed by atoms with van der Waals surface area (Å²) in [6, 6.07) is 0. The van der Waals surface area contributed by atoms with Crippen LogP contribution in [0.3, 0.4) is 0 Å². The first-order valence-electron chi connectivity index (χ1n) is 27.2. The van der Waals surface area contributed by atoms with E-state index in [9.17, 15) is 19.4 Å². The maximum absolute atomic E-state index is 12.7. The fourth-order valence-corrected chi connectivity index (χ4v) is 8.85. The summed E-state index contributed by atoms with van der Waals surface area (Å²) in [5.74, 6) is -0.375. The van der Waals surface area contributed by atoms with Crippen LogP contribution in [0.15, 0.2) is 12.2 Å². The number of hydrogen-bond donors (Lipinski definition) is 3. The van der Waals surface area contributed by atoms with Crippen LogP contribution in [0.25, 0.3) is 0 Å². The van der Waals surface area contributed by atoms with Crippen LogP contribution < -0.4 is 0 Å². The van der Waals surface area contributed by atoms with Gasteiger partial charge in [-0.15, -0.1) is 0 Å². The molecule has 63 heavy (non-hydrogen) atoms. The summed E-state index contributed by atoms with van der Waals surface area (Å²) in [7, 11) is -4.52. The molecule has 9 nitrogen and oxygen atoms in total. The van der Waals surface area contributed by atoms with Crippen LogP contribution in [0.4, 0.5) is 0 Å². The monoisotopic (exact) mass is 917 g/mol. The van der Waals surface area contributed by atoms with Crippen molar-refractivity contribution in [3.63, 3.8) is 0 Å². The van der Waals surface area contributed by atoms with Crippen LogP contribution in [-0.2, 0) is 27.9 Å². The first kappa shape index (κ1) is 62.2. The van der Waals surface area contributed by atoms with E-state index >= 15 is 0 Å². The minimum absolute atomic E-state index is 0.0548. The molecule has 3 atom stereocenters. The van der Waals surface area contributed by atoms with Crippen molar-refractivity contribution in [1.29, 1.82) is 0 Å². The summed E-state index contributed by atoms with van der Waals surface area (Å²) < 4.78 is 33.6. The largest absolute Gasteiger partial charge is 0.472 e. The van der Waals surface area contributed by atoms with Gasteiger partial charge in [0, 0.05) is 13.0 Å². The molecule has 0 heterocycles. The molecule has 3 N–H and O–H groups in total. The topological polar surface area (TPSA) is 132 Å². The van der Waals surface area contributed by atoms with Gasteiger partial charge in [0.25, 0.3) is 0 Å². The van der Waals surface area contributed by atoms with Gasteiger partial charge in [-0.3, -0.25) is 13.8 Å². The first-order valence-corrected chi connectivity index (χ1v) is 28.7. The fourth-order valence-electron chi connectivity index (χ4n) is 8.06. The number of phosphoric acid groups is 1. The molecule has 0 saturated heterocycles. The Bertz CT molecular complexity index is 996. The van der Waals surface area contributed by atoms with Gasteiger partial charge in [-0.25, -0.2) is 4.57 Å². The zero-order valence-corrected chi connectivity index (χ0v) is 42.5. The summed E-state index contributed by atoms with van der Waals surface area (Å²) in [4.78, 5) is 22.7. The highest BCUT2D eigenvalue weighted by Gasteiger charge is 2.26. The normalized spacial score (nSPS) is 13.8. The second kappa shape index (κ2) is 50.6. The Labute approximate surface area is 390 Å². The van der Waals surface area contributed by atoms with E-state index in [1.54, 1.807) is 0 Å². The lowest BCUT2D eigenvalue weighted by molar-refractivity contribution is -0.154. The minimum Gasteiger partial charge on any atom is -0.457 e. The highest BCUT2D eigenvalue weighted by Crippen LogP contribution is 2.43.